The SMILES string of the molecule is C/C([NH2+]c1ccc(Cl)cc1)=C(/C=N)C(=O)Nc1cnc(N2CCC3(CC2)OCCO3)c(C2CC2)c1. The van der Waals surface area contributed by atoms with E-state index in [4.69, 9.17) is 31.5 Å². The van der Waals surface area contributed by atoms with Crippen molar-refractivity contribution in [3.63, 3.8) is 0 Å². The number of allylic oxidation sites excluding steroid dienone is 1. The number of anilines is 2. The van der Waals surface area contributed by atoms with Crippen molar-refractivity contribution in [1.82, 2.24) is 4.98 Å². The van der Waals surface area contributed by atoms with Crippen LogP contribution < -0.4 is 15.5 Å². The molecule has 2 aromatic rings. The van der Waals surface area contributed by atoms with Gasteiger partial charge in [-0.05, 0) is 42.5 Å². The second-order valence-electron chi connectivity index (χ2n) is 9.40. The van der Waals surface area contributed by atoms with E-state index in [1.54, 1.807) is 18.3 Å². The van der Waals surface area contributed by atoms with Crippen LogP contribution in [0.2, 0.25) is 5.02 Å². The molecule has 4 N–H and O–H groups in total. The molecule has 0 bridgehead atoms. The maximum absolute atomic E-state index is 13.0. The molecule has 2 saturated heterocycles. The Bertz CT molecular complexity index is 1130. The number of nitrogens with one attached hydrogen (secondary N) is 2. The minimum atomic E-state index is -0.416. The lowest BCUT2D eigenvalue weighted by Gasteiger charge is -2.38. The van der Waals surface area contributed by atoms with Crippen LogP contribution in [-0.2, 0) is 14.3 Å². The first-order valence-corrected chi connectivity index (χ1v) is 12.5. The molecule has 3 aliphatic rings. The second kappa shape index (κ2) is 10.1. The maximum Gasteiger partial charge on any atom is 0.262 e. The van der Waals surface area contributed by atoms with E-state index in [0.29, 0.717) is 41.1 Å². The van der Waals surface area contributed by atoms with E-state index in [0.717, 1.165) is 56.5 Å². The molecule has 1 aromatic heterocycles. The van der Waals surface area contributed by atoms with Crippen LogP contribution in [0.25, 0.3) is 0 Å². The quantitative estimate of drug-likeness (QED) is 0.308. The highest BCUT2D eigenvalue weighted by atomic mass is 35.5. The molecule has 35 heavy (non-hydrogen) atoms. The van der Waals surface area contributed by atoms with E-state index in [9.17, 15) is 4.79 Å². The second-order valence-corrected chi connectivity index (χ2v) is 9.83. The number of piperidine rings is 1. The van der Waals surface area contributed by atoms with Gasteiger partial charge in [-0.2, -0.15) is 0 Å². The number of rotatable bonds is 7. The van der Waals surface area contributed by atoms with Gasteiger partial charge in [0.1, 0.15) is 22.8 Å². The molecule has 3 fully saturated rings. The summed E-state index contributed by atoms with van der Waals surface area (Å²) < 4.78 is 11.7. The summed E-state index contributed by atoms with van der Waals surface area (Å²) in [6, 6.07) is 9.40. The highest BCUT2D eigenvalue weighted by molar-refractivity contribution is 6.30. The number of pyridine rings is 1. The molecular weight excluding hydrogens is 466 g/mol. The van der Waals surface area contributed by atoms with Gasteiger partial charge in [-0.3, -0.25) is 10.1 Å². The van der Waals surface area contributed by atoms with E-state index in [1.165, 1.54) is 5.56 Å². The van der Waals surface area contributed by atoms with Crippen molar-refractivity contribution in [3.05, 3.63) is 58.4 Å². The van der Waals surface area contributed by atoms with Crippen molar-refractivity contribution >= 4 is 40.9 Å². The number of carbonyl (C=O) groups excluding carboxylic acids is 1. The normalized spacial score (nSPS) is 20.0. The van der Waals surface area contributed by atoms with Crippen molar-refractivity contribution in [1.29, 1.82) is 5.41 Å². The van der Waals surface area contributed by atoms with Crippen LogP contribution in [0.3, 0.4) is 0 Å². The number of benzene rings is 1. The van der Waals surface area contributed by atoms with Gasteiger partial charge in [0.05, 0.1) is 25.1 Å². The molecule has 1 amide bonds. The average Bonchev–Trinajstić information content (AvgIpc) is 3.61. The monoisotopic (exact) mass is 496 g/mol. The first-order chi connectivity index (χ1) is 17.0. The van der Waals surface area contributed by atoms with Crippen LogP contribution >= 0.6 is 11.6 Å². The molecule has 184 valence electrons. The lowest BCUT2D eigenvalue weighted by Crippen LogP contribution is -2.75. The first kappa shape index (κ1) is 23.9. The molecule has 8 nitrogen and oxygen atoms in total. The van der Waals surface area contributed by atoms with Gasteiger partial charge in [0.25, 0.3) is 5.91 Å². The number of hydrogen-bond donors (Lipinski definition) is 3. The zero-order valence-electron chi connectivity index (χ0n) is 19.9. The highest BCUT2D eigenvalue weighted by Gasteiger charge is 2.41. The van der Waals surface area contributed by atoms with Crippen LogP contribution in [0.4, 0.5) is 17.2 Å². The molecule has 9 heteroatoms. The van der Waals surface area contributed by atoms with Crippen molar-refractivity contribution in [2.75, 3.05) is 36.5 Å². The van der Waals surface area contributed by atoms with E-state index in [2.05, 4.69) is 10.2 Å². The van der Waals surface area contributed by atoms with Crippen LogP contribution in [0, 0.1) is 5.41 Å². The van der Waals surface area contributed by atoms with Gasteiger partial charge < -0.3 is 25.1 Å². The Labute approximate surface area is 210 Å². The highest BCUT2D eigenvalue weighted by Crippen LogP contribution is 2.45. The Balaban J connectivity index is 1.30. The third-order valence-electron chi connectivity index (χ3n) is 6.88. The fourth-order valence-electron chi connectivity index (χ4n) is 4.79. The summed E-state index contributed by atoms with van der Waals surface area (Å²) in [4.78, 5) is 20.1. The van der Waals surface area contributed by atoms with E-state index < -0.39 is 5.79 Å². The number of amides is 1. The largest absolute Gasteiger partial charge is 0.356 e. The first-order valence-electron chi connectivity index (χ1n) is 12.1. The molecule has 1 saturated carbocycles. The zero-order chi connectivity index (χ0) is 24.4. The van der Waals surface area contributed by atoms with E-state index >= 15 is 0 Å². The molecule has 1 spiro atoms. The van der Waals surface area contributed by atoms with Crippen LogP contribution in [0.1, 0.15) is 44.1 Å². The Morgan fingerprint density at radius 2 is 1.91 bits per heavy atom. The predicted octanol–water partition coefficient (Wildman–Crippen LogP) is 3.71. The van der Waals surface area contributed by atoms with E-state index in [1.807, 2.05) is 30.4 Å². The summed E-state index contributed by atoms with van der Waals surface area (Å²) in [5, 5.41) is 13.3. The molecule has 1 aromatic carbocycles. The van der Waals surface area contributed by atoms with Crippen LogP contribution in [0.5, 0.6) is 0 Å². The molecule has 0 unspecified atom stereocenters. The fraction of sp³-hybridized carbons (Fsp3) is 0.423. The summed E-state index contributed by atoms with van der Waals surface area (Å²) in [6.07, 6.45) is 6.74. The Kier molecular flexibility index (Phi) is 6.88. The topological polar surface area (TPSA) is 104 Å². The number of carbonyl (C=O) groups is 1. The lowest BCUT2D eigenvalue weighted by molar-refractivity contribution is -0.517. The summed E-state index contributed by atoms with van der Waals surface area (Å²) in [7, 11) is 0. The van der Waals surface area contributed by atoms with Crippen LogP contribution in [0.15, 0.2) is 47.8 Å². The number of aromatic nitrogens is 1. The molecular formula is C26H31ClN5O3+. The fourth-order valence-corrected chi connectivity index (χ4v) is 4.92. The molecule has 5 rings (SSSR count). The van der Waals surface area contributed by atoms with Gasteiger partial charge in [-0.1, -0.05) is 11.6 Å². The summed E-state index contributed by atoms with van der Waals surface area (Å²) in [6.45, 7) is 4.83. The zero-order valence-corrected chi connectivity index (χ0v) is 20.6. The van der Waals surface area contributed by atoms with Crippen molar-refractivity contribution in [2.24, 2.45) is 0 Å². The number of ether oxygens (including phenoxy) is 2. The maximum atomic E-state index is 13.0. The van der Waals surface area contributed by atoms with Gasteiger partial charge >= 0.3 is 0 Å². The molecule has 3 heterocycles. The summed E-state index contributed by atoms with van der Waals surface area (Å²) >= 11 is 5.96. The standard InChI is InChI=1S/C26H30ClN5O3/c1-17(30-20-6-4-19(27)5-7-20)23(15-28)25(33)31-21-14-22(18-2-3-18)24(29-16-21)32-10-8-26(9-11-32)34-12-13-35-26/h4-7,14-16,18,28,30H,2-3,8-13H2,1H3,(H,31,33)/p+1/b23-17+,28-15?. The Morgan fingerprint density at radius 3 is 2.54 bits per heavy atom. The minimum Gasteiger partial charge on any atom is -0.356 e. The van der Waals surface area contributed by atoms with Gasteiger partial charge in [0.15, 0.2) is 5.79 Å². The predicted molar refractivity (Wildman–Crippen MR) is 135 cm³/mol. The van der Waals surface area contributed by atoms with Crippen molar-refractivity contribution in [2.45, 2.75) is 44.3 Å². The minimum absolute atomic E-state index is 0.301. The van der Waals surface area contributed by atoms with Gasteiger partial charge in [0.2, 0.25) is 0 Å². The number of nitrogens with zero attached hydrogens (tertiary/aromatic N) is 2. The number of halogens is 1. The van der Waals surface area contributed by atoms with E-state index in [-0.39, 0.29) is 5.91 Å². The molecule has 0 radical (unpaired) electrons. The third-order valence-corrected chi connectivity index (χ3v) is 7.13. The smallest absolute Gasteiger partial charge is 0.262 e. The summed E-state index contributed by atoms with van der Waals surface area (Å²) in [5.41, 5.74) is 3.74. The lowest BCUT2D eigenvalue weighted by atomic mass is 10.0. The Hall–Kier alpha value is -2.78. The van der Waals surface area contributed by atoms with Gasteiger partial charge in [-0.15, -0.1) is 0 Å². The molecule has 1 aliphatic carbocycles. The third kappa shape index (κ3) is 5.41. The number of nitrogens with two attached hydrogens (primary N) is 1. The average molecular weight is 497 g/mol. The van der Waals surface area contributed by atoms with Crippen molar-refractivity contribution in [3.8, 4) is 0 Å². The van der Waals surface area contributed by atoms with Gasteiger partial charge in [0, 0.05) is 56.2 Å². The Morgan fingerprint density at radius 1 is 1.23 bits per heavy atom. The van der Waals surface area contributed by atoms with Crippen LogP contribution in [-0.4, -0.2) is 49.2 Å². The summed E-state index contributed by atoms with van der Waals surface area (Å²) in [5.74, 6) is 0.727. The van der Waals surface area contributed by atoms with Crippen molar-refractivity contribution < 1.29 is 19.6 Å². The molecule has 0 atom stereocenters. The number of quaternary nitrogens is 1. The number of hydrogen-bond acceptors (Lipinski definition) is 6. The molecule has 2 aliphatic heterocycles. The van der Waals surface area contributed by atoms with Gasteiger partial charge in [-0.25, -0.2) is 4.98 Å².